The van der Waals surface area contributed by atoms with Crippen LogP contribution in [0.4, 0.5) is 14.5 Å². The number of fused-ring (bicyclic) bond motifs is 1. The van der Waals surface area contributed by atoms with E-state index in [0.717, 1.165) is 12.6 Å². The van der Waals surface area contributed by atoms with Gasteiger partial charge in [-0.05, 0) is 62.7 Å². The van der Waals surface area contributed by atoms with E-state index in [1.165, 1.54) is 68.3 Å². The average molecular weight is 359 g/mol. The molecular weight excluding hydrogens is 332 g/mol. The van der Waals surface area contributed by atoms with E-state index >= 15 is 0 Å². The monoisotopic (exact) mass is 359 g/mol. The zero-order chi connectivity index (χ0) is 18.4. The second kappa shape index (κ2) is 9.10. The first-order valence-electron chi connectivity index (χ1n) is 9.40. The van der Waals surface area contributed by atoms with Gasteiger partial charge in [-0.15, -0.1) is 0 Å². The van der Waals surface area contributed by atoms with E-state index in [-0.39, 0.29) is 0 Å². The first kappa shape index (κ1) is 18.8. The van der Waals surface area contributed by atoms with Crippen molar-refractivity contribution in [3.63, 3.8) is 0 Å². The van der Waals surface area contributed by atoms with Crippen molar-refractivity contribution in [2.24, 2.45) is 0 Å². The van der Waals surface area contributed by atoms with Gasteiger partial charge in [-0.25, -0.2) is 14.2 Å². The molecule has 2 heterocycles. The Morgan fingerprint density at radius 1 is 0.962 bits per heavy atom. The molecule has 3 nitrogen and oxygen atoms in total. The second-order valence-electron chi connectivity index (χ2n) is 6.81. The molecule has 0 radical (unpaired) electrons. The first-order chi connectivity index (χ1) is 12.7. The maximum atomic E-state index is 11.9. The number of anilines is 1. The summed E-state index contributed by atoms with van der Waals surface area (Å²) in [6.45, 7) is 7.05. The molecule has 0 unspecified atom stereocenters. The van der Waals surface area contributed by atoms with Gasteiger partial charge in [-0.2, -0.15) is 0 Å². The number of likely N-dealkylation sites (tertiary alicyclic amines) is 1. The summed E-state index contributed by atoms with van der Waals surface area (Å²) in [4.78, 5) is 2.54. The fraction of sp³-hybridized carbons (Fsp3) is 0.429. The molecule has 0 amide bonds. The number of hydrogen-bond acceptors (Lipinski definition) is 3. The number of piperidine rings is 1. The molecule has 26 heavy (non-hydrogen) atoms. The number of hydrogen-bond donors (Lipinski definition) is 1. The van der Waals surface area contributed by atoms with Gasteiger partial charge in [-0.3, -0.25) is 0 Å². The maximum absolute atomic E-state index is 11.9. The van der Waals surface area contributed by atoms with Crippen molar-refractivity contribution >= 4 is 5.69 Å². The Kier molecular flexibility index (Phi) is 6.58. The topological polar surface area (TPSA) is 18.5 Å². The van der Waals surface area contributed by atoms with Gasteiger partial charge in [0.25, 0.3) is 0 Å². The molecule has 0 bridgehead atoms. The minimum atomic E-state index is -0.537. The Bertz CT molecular complexity index is 682. The predicted octanol–water partition coefficient (Wildman–Crippen LogP) is 4.00. The van der Waals surface area contributed by atoms with E-state index in [4.69, 9.17) is 0 Å². The number of nitrogens with one attached hydrogen (secondary N) is 1. The highest BCUT2D eigenvalue weighted by molar-refractivity contribution is 5.56. The zero-order valence-corrected chi connectivity index (χ0v) is 15.3. The number of para-hydroxylation sites is 1. The van der Waals surface area contributed by atoms with Gasteiger partial charge in [0.15, 0.2) is 0 Å². The lowest BCUT2D eigenvalue weighted by Crippen LogP contribution is -2.49. The lowest BCUT2D eigenvalue weighted by atomic mass is 10.1. The van der Waals surface area contributed by atoms with Crippen LogP contribution in [0.25, 0.3) is 0 Å². The number of hydrazine groups is 1. The second-order valence-corrected chi connectivity index (χ2v) is 6.81. The summed E-state index contributed by atoms with van der Waals surface area (Å²) in [6, 6.07) is 14.0. The molecule has 0 aliphatic carbocycles. The van der Waals surface area contributed by atoms with Crippen molar-refractivity contribution in [3.8, 4) is 0 Å². The molecule has 2 aliphatic rings. The van der Waals surface area contributed by atoms with Gasteiger partial charge in [0, 0.05) is 18.7 Å². The van der Waals surface area contributed by atoms with Gasteiger partial charge >= 0.3 is 0 Å². The van der Waals surface area contributed by atoms with Crippen LogP contribution < -0.4 is 10.4 Å². The van der Waals surface area contributed by atoms with Gasteiger partial charge in [0.2, 0.25) is 0 Å². The van der Waals surface area contributed by atoms with E-state index in [1.54, 1.807) is 0 Å². The fourth-order valence-corrected chi connectivity index (χ4v) is 3.53. The van der Waals surface area contributed by atoms with Crippen LogP contribution in [0, 0.1) is 11.6 Å². The Morgan fingerprint density at radius 2 is 1.65 bits per heavy atom. The largest absolute Gasteiger partial charge is 0.308 e. The van der Waals surface area contributed by atoms with Gasteiger partial charge in [-0.1, -0.05) is 31.2 Å². The van der Waals surface area contributed by atoms with Crippen molar-refractivity contribution in [1.29, 1.82) is 0 Å². The van der Waals surface area contributed by atoms with Crippen molar-refractivity contribution in [2.75, 3.05) is 31.2 Å². The van der Waals surface area contributed by atoms with Crippen molar-refractivity contribution in [2.45, 2.75) is 32.2 Å². The molecule has 2 aromatic rings. The smallest absolute Gasteiger partial charge is 0.126 e. The fourth-order valence-electron chi connectivity index (χ4n) is 3.53. The Labute approximate surface area is 154 Å². The first-order valence-corrected chi connectivity index (χ1v) is 9.40. The summed E-state index contributed by atoms with van der Waals surface area (Å²) in [6.07, 6.45) is 3.72. The van der Waals surface area contributed by atoms with Crippen LogP contribution >= 0.6 is 0 Å². The summed E-state index contributed by atoms with van der Waals surface area (Å²) < 4.78 is 23.9. The average Bonchev–Trinajstić information content (AvgIpc) is 3.06. The third kappa shape index (κ3) is 5.02. The van der Waals surface area contributed by atoms with Crippen molar-refractivity contribution in [1.82, 2.24) is 10.3 Å². The molecule has 2 aliphatic heterocycles. The molecule has 4 rings (SSSR count). The molecule has 140 valence electrons. The summed E-state index contributed by atoms with van der Waals surface area (Å²) >= 11 is 0. The van der Waals surface area contributed by atoms with E-state index < -0.39 is 11.6 Å². The van der Waals surface area contributed by atoms with Crippen LogP contribution in [-0.4, -0.2) is 37.1 Å². The molecule has 1 saturated heterocycles. The minimum absolute atomic E-state index is 0.537. The quantitative estimate of drug-likeness (QED) is 0.894. The van der Waals surface area contributed by atoms with Crippen molar-refractivity contribution in [3.05, 3.63) is 65.7 Å². The van der Waals surface area contributed by atoms with Gasteiger partial charge < -0.3 is 9.91 Å². The van der Waals surface area contributed by atoms with Gasteiger partial charge in [0.1, 0.15) is 11.6 Å². The third-order valence-corrected chi connectivity index (χ3v) is 5.05. The molecule has 5 heteroatoms. The van der Waals surface area contributed by atoms with E-state index in [2.05, 4.69) is 46.5 Å². The minimum Gasteiger partial charge on any atom is -0.308 e. The van der Waals surface area contributed by atoms with E-state index in [9.17, 15) is 8.78 Å². The van der Waals surface area contributed by atoms with Crippen LogP contribution in [0.2, 0.25) is 0 Å². The summed E-state index contributed by atoms with van der Waals surface area (Å²) in [7, 11) is 0. The Morgan fingerprint density at radius 3 is 2.27 bits per heavy atom. The van der Waals surface area contributed by atoms with E-state index in [0.29, 0.717) is 6.04 Å². The van der Waals surface area contributed by atoms with Gasteiger partial charge in [0.05, 0.1) is 5.69 Å². The normalized spacial score (nSPS) is 17.6. The molecule has 1 fully saturated rings. The predicted molar refractivity (Wildman–Crippen MR) is 102 cm³/mol. The third-order valence-electron chi connectivity index (χ3n) is 5.05. The van der Waals surface area contributed by atoms with Crippen LogP contribution in [0.5, 0.6) is 0 Å². The lowest BCUT2D eigenvalue weighted by Gasteiger charge is -2.34. The van der Waals surface area contributed by atoms with Crippen LogP contribution in [0.15, 0.2) is 48.5 Å². The number of rotatable bonds is 3. The molecule has 0 saturated carbocycles. The lowest BCUT2D eigenvalue weighted by molar-refractivity contribution is 0.205. The Hall–Kier alpha value is -1.98. The number of halogens is 2. The summed E-state index contributed by atoms with van der Waals surface area (Å²) in [5, 5.41) is 2.36. The van der Waals surface area contributed by atoms with Crippen LogP contribution in [0.3, 0.4) is 0 Å². The SMILES string of the molecule is CCN1CCC(NN2CCc3ccccc32)CC1.Fc1cccc(F)c1. The molecule has 2 aromatic carbocycles. The number of nitrogens with zero attached hydrogens (tertiary/aromatic N) is 2. The van der Waals surface area contributed by atoms with Crippen molar-refractivity contribution < 1.29 is 8.78 Å². The molecule has 1 N–H and O–H groups in total. The highest BCUT2D eigenvalue weighted by atomic mass is 19.1. The highest BCUT2D eigenvalue weighted by Crippen LogP contribution is 2.26. The zero-order valence-electron chi connectivity index (χ0n) is 15.3. The standard InChI is InChI=1S/C15H23N3.C6H4F2/c1-2-17-10-8-14(9-11-17)16-18-12-7-13-5-3-4-6-15(13)18;7-5-2-1-3-6(8)4-5/h3-6,14,16H,2,7-12H2,1H3;1-4H. The van der Waals surface area contributed by atoms with Crippen LogP contribution in [-0.2, 0) is 6.42 Å². The molecule has 0 aromatic heterocycles. The van der Waals surface area contributed by atoms with E-state index in [1.807, 2.05) is 0 Å². The summed E-state index contributed by atoms with van der Waals surface area (Å²) in [5.41, 5.74) is 6.59. The maximum Gasteiger partial charge on any atom is 0.126 e. The number of benzene rings is 2. The molecular formula is C21H27F2N3. The molecule has 0 atom stereocenters. The van der Waals surface area contributed by atoms with Crippen LogP contribution in [0.1, 0.15) is 25.3 Å². The molecule has 0 spiro atoms. The Balaban J connectivity index is 0.000000206. The summed E-state index contributed by atoms with van der Waals surface area (Å²) in [5.74, 6) is -1.07. The highest BCUT2D eigenvalue weighted by Gasteiger charge is 2.23.